The molecule has 2 aliphatic carbocycles. The van der Waals surface area contributed by atoms with E-state index in [9.17, 15) is 0 Å². The molecule has 1 saturated heterocycles. The van der Waals surface area contributed by atoms with Crippen LogP contribution in [0.15, 0.2) is 0 Å². The molecular weight excluding hydrogens is 212 g/mol. The lowest BCUT2D eigenvalue weighted by molar-refractivity contribution is -0.228. The summed E-state index contributed by atoms with van der Waals surface area (Å²) in [6, 6.07) is 0.249. The predicted octanol–water partition coefficient (Wildman–Crippen LogP) is 2.06. The Labute approximate surface area is 104 Å². The van der Waals surface area contributed by atoms with Crippen LogP contribution in [0.3, 0.4) is 0 Å². The maximum atomic E-state index is 8.70. The third-order valence-electron chi connectivity index (χ3n) is 5.71. The molecule has 1 aliphatic heterocycles. The third kappa shape index (κ3) is 1.66. The number of nitrogens with zero attached hydrogens (tertiary/aromatic N) is 1. The average Bonchev–Trinajstić information content (AvgIpc) is 2.55. The average molecular weight is 239 g/mol. The molecule has 3 aliphatic rings. The van der Waals surface area contributed by atoms with E-state index in [0.29, 0.717) is 0 Å². The summed E-state index contributed by atoms with van der Waals surface area (Å²) in [5.41, 5.74) is 6.66. The summed E-state index contributed by atoms with van der Waals surface area (Å²) in [5, 5.41) is 10.7. The van der Waals surface area contributed by atoms with E-state index in [0.717, 1.165) is 6.42 Å². The van der Waals surface area contributed by atoms with E-state index in [-0.39, 0.29) is 17.1 Å². The van der Waals surface area contributed by atoms with Gasteiger partial charge in [-0.15, -0.1) is 0 Å². The molecule has 0 radical (unpaired) electrons. The Kier molecular flexibility index (Phi) is 2.96. The SMILES string of the molecule is NC1CC2(CCCCC2)N([OH2+])C12CCCCC2. The van der Waals surface area contributed by atoms with Crippen molar-refractivity contribution < 1.29 is 5.21 Å². The first-order valence-electron chi connectivity index (χ1n) is 7.47. The van der Waals surface area contributed by atoms with Crippen LogP contribution in [0.4, 0.5) is 0 Å². The minimum atomic E-state index is 0.0373. The Morgan fingerprint density at radius 2 is 1.41 bits per heavy atom. The van der Waals surface area contributed by atoms with E-state index < -0.39 is 0 Å². The van der Waals surface area contributed by atoms with Crippen molar-refractivity contribution in [1.82, 2.24) is 5.06 Å². The fourth-order valence-corrected chi connectivity index (χ4v) is 4.72. The second-order valence-corrected chi connectivity index (χ2v) is 6.60. The molecule has 3 nitrogen and oxygen atoms in total. The van der Waals surface area contributed by atoms with Crippen LogP contribution < -0.4 is 5.73 Å². The summed E-state index contributed by atoms with van der Waals surface area (Å²) < 4.78 is 0. The van der Waals surface area contributed by atoms with Gasteiger partial charge in [0.05, 0.1) is 5.54 Å². The number of hydrogen-bond acceptors (Lipinski definition) is 2. The van der Waals surface area contributed by atoms with Gasteiger partial charge in [-0.1, -0.05) is 43.6 Å². The van der Waals surface area contributed by atoms with E-state index in [1.165, 1.54) is 64.2 Å². The molecule has 1 heterocycles. The Morgan fingerprint density at radius 1 is 0.882 bits per heavy atom. The molecule has 3 rings (SSSR count). The topological polar surface area (TPSA) is 52.2 Å². The third-order valence-corrected chi connectivity index (χ3v) is 5.71. The monoisotopic (exact) mass is 239 g/mol. The normalized spacial score (nSPS) is 36.7. The Bertz CT molecular complexity index is 280. The predicted molar refractivity (Wildman–Crippen MR) is 69.7 cm³/mol. The molecule has 0 amide bonds. The van der Waals surface area contributed by atoms with Crippen molar-refractivity contribution in [2.24, 2.45) is 5.73 Å². The van der Waals surface area contributed by atoms with Crippen LogP contribution in [0.1, 0.15) is 70.6 Å². The van der Waals surface area contributed by atoms with Gasteiger partial charge in [0.1, 0.15) is 5.54 Å². The Hall–Kier alpha value is -0.120. The van der Waals surface area contributed by atoms with Gasteiger partial charge in [0.25, 0.3) is 0 Å². The standard InChI is InChI=1S/C14H26N2O/c15-12-11-13(7-3-1-4-8-13)16(17)14(12)9-5-2-6-10-14/h12,17H,1-11,15H2/p+1. The first-order valence-corrected chi connectivity index (χ1v) is 7.47. The van der Waals surface area contributed by atoms with Crippen LogP contribution in [0, 0.1) is 0 Å². The summed E-state index contributed by atoms with van der Waals surface area (Å²) in [5.74, 6) is 0. The van der Waals surface area contributed by atoms with E-state index in [2.05, 4.69) is 0 Å². The molecule has 3 fully saturated rings. The molecule has 2 spiro atoms. The van der Waals surface area contributed by atoms with Crippen LogP contribution >= 0.6 is 0 Å². The van der Waals surface area contributed by atoms with Crippen molar-refractivity contribution in [1.29, 1.82) is 0 Å². The smallest absolute Gasteiger partial charge is 0.104 e. The zero-order valence-corrected chi connectivity index (χ0v) is 10.9. The van der Waals surface area contributed by atoms with Gasteiger partial charge in [0, 0.05) is 6.04 Å². The fraction of sp³-hybridized carbons (Fsp3) is 1.00. The first kappa shape index (κ1) is 11.9. The summed E-state index contributed by atoms with van der Waals surface area (Å²) in [6.07, 6.45) is 13.7. The number of nitrogens with two attached hydrogens (primary N) is 1. The summed E-state index contributed by atoms with van der Waals surface area (Å²) >= 11 is 0. The maximum Gasteiger partial charge on any atom is 0.104 e. The van der Waals surface area contributed by atoms with Crippen LogP contribution in [-0.4, -0.2) is 27.4 Å². The van der Waals surface area contributed by atoms with Gasteiger partial charge >= 0.3 is 0 Å². The Morgan fingerprint density at radius 3 is 2.00 bits per heavy atom. The van der Waals surface area contributed by atoms with Gasteiger partial charge in [0.15, 0.2) is 0 Å². The van der Waals surface area contributed by atoms with Crippen molar-refractivity contribution in [2.45, 2.75) is 87.7 Å². The summed E-state index contributed by atoms with van der Waals surface area (Å²) in [7, 11) is 0. The van der Waals surface area contributed by atoms with Gasteiger partial charge in [-0.3, -0.25) is 0 Å². The molecule has 1 atom stereocenters. The van der Waals surface area contributed by atoms with Crippen molar-refractivity contribution in [2.75, 3.05) is 0 Å². The van der Waals surface area contributed by atoms with Gasteiger partial charge in [-0.25, -0.2) is 0 Å². The lowest BCUT2D eigenvalue weighted by Gasteiger charge is -2.43. The van der Waals surface area contributed by atoms with E-state index in [1.807, 2.05) is 5.06 Å². The molecule has 1 unspecified atom stereocenters. The highest BCUT2D eigenvalue weighted by molar-refractivity contribution is 5.13. The van der Waals surface area contributed by atoms with Crippen molar-refractivity contribution >= 4 is 0 Å². The minimum absolute atomic E-state index is 0.0373. The molecule has 0 aromatic rings. The summed E-state index contributed by atoms with van der Waals surface area (Å²) in [4.78, 5) is 0. The van der Waals surface area contributed by atoms with E-state index >= 15 is 0 Å². The van der Waals surface area contributed by atoms with Crippen LogP contribution in [0.25, 0.3) is 0 Å². The number of hydroxylamine groups is 2. The Balaban J connectivity index is 1.86. The second-order valence-electron chi connectivity index (χ2n) is 6.60. The highest BCUT2D eigenvalue weighted by atomic mass is 16.5. The molecule has 2 saturated carbocycles. The molecular formula is C14H27N2O+. The molecule has 0 aromatic carbocycles. The van der Waals surface area contributed by atoms with Crippen molar-refractivity contribution in [3.63, 3.8) is 0 Å². The second kappa shape index (κ2) is 4.22. The number of rotatable bonds is 0. The molecule has 0 bridgehead atoms. The molecule has 0 aromatic heterocycles. The van der Waals surface area contributed by atoms with Crippen LogP contribution in [0.2, 0.25) is 0 Å². The molecule has 4 N–H and O–H groups in total. The fourth-order valence-electron chi connectivity index (χ4n) is 4.72. The van der Waals surface area contributed by atoms with Crippen LogP contribution in [-0.2, 0) is 0 Å². The van der Waals surface area contributed by atoms with E-state index in [1.54, 1.807) is 0 Å². The highest BCUT2D eigenvalue weighted by Crippen LogP contribution is 2.51. The molecule has 3 heteroatoms. The van der Waals surface area contributed by atoms with Gasteiger partial charge in [-0.2, -0.15) is 0 Å². The van der Waals surface area contributed by atoms with Crippen molar-refractivity contribution in [3.05, 3.63) is 0 Å². The van der Waals surface area contributed by atoms with Gasteiger partial charge in [-0.05, 0) is 32.1 Å². The lowest BCUT2D eigenvalue weighted by Crippen LogP contribution is -2.57. The quantitative estimate of drug-likeness (QED) is 0.658. The first-order chi connectivity index (χ1) is 8.20. The highest BCUT2D eigenvalue weighted by Gasteiger charge is 2.62. The zero-order chi connectivity index (χ0) is 11.9. The number of hydrogen-bond donors (Lipinski definition) is 1. The van der Waals surface area contributed by atoms with Gasteiger partial charge in [0.2, 0.25) is 0 Å². The lowest BCUT2D eigenvalue weighted by atomic mass is 9.77. The van der Waals surface area contributed by atoms with Gasteiger partial charge < -0.3 is 10.9 Å². The zero-order valence-electron chi connectivity index (χ0n) is 10.9. The van der Waals surface area contributed by atoms with Crippen molar-refractivity contribution in [3.8, 4) is 0 Å². The summed E-state index contributed by atoms with van der Waals surface area (Å²) in [6.45, 7) is 0. The maximum absolute atomic E-state index is 8.70. The van der Waals surface area contributed by atoms with Crippen LogP contribution in [0.5, 0.6) is 0 Å². The molecule has 17 heavy (non-hydrogen) atoms. The van der Waals surface area contributed by atoms with E-state index in [4.69, 9.17) is 10.9 Å². The minimum Gasteiger partial charge on any atom is -0.338 e. The molecule has 98 valence electrons. The largest absolute Gasteiger partial charge is 0.338 e.